The second-order valence-electron chi connectivity index (χ2n) is 6.19. The van der Waals surface area contributed by atoms with E-state index in [2.05, 4.69) is 0 Å². The van der Waals surface area contributed by atoms with Gasteiger partial charge in [0.25, 0.3) is 0 Å². The Morgan fingerprint density at radius 3 is 2.38 bits per heavy atom. The molecule has 0 saturated heterocycles. The van der Waals surface area contributed by atoms with Crippen LogP contribution in [0, 0.1) is 5.92 Å². The van der Waals surface area contributed by atoms with E-state index in [-0.39, 0.29) is 29.8 Å². The maximum atomic E-state index is 12.0. The fourth-order valence-electron chi connectivity index (χ4n) is 2.09. The van der Waals surface area contributed by atoms with Crippen LogP contribution >= 0.6 is 0 Å². The van der Waals surface area contributed by atoms with Crippen molar-refractivity contribution in [2.45, 2.75) is 51.4 Å². The largest absolute Gasteiger partial charge is 0.504 e. The standard InChI is InChI=1S/C17H23NO6/c1-9(23-16(21)12-4-5-12)10(2)24-17(22)13(18)7-11-3-6-14(19)15(20)8-11/h3,6,8-10,12-13,19-20H,4-5,7,18H2,1-2H3/t9-,10+,13+/m1/s1. The maximum Gasteiger partial charge on any atom is 0.323 e. The molecule has 0 heterocycles. The fourth-order valence-corrected chi connectivity index (χ4v) is 2.09. The zero-order chi connectivity index (χ0) is 17.9. The van der Waals surface area contributed by atoms with E-state index in [1.807, 2.05) is 0 Å². The van der Waals surface area contributed by atoms with E-state index in [0.717, 1.165) is 12.8 Å². The summed E-state index contributed by atoms with van der Waals surface area (Å²) in [6.07, 6.45) is 0.690. The highest BCUT2D eigenvalue weighted by atomic mass is 16.6. The molecule has 1 fully saturated rings. The number of hydrogen-bond acceptors (Lipinski definition) is 7. The van der Waals surface area contributed by atoms with Gasteiger partial charge in [0.15, 0.2) is 11.5 Å². The van der Waals surface area contributed by atoms with E-state index in [1.165, 1.54) is 12.1 Å². The molecule has 0 bridgehead atoms. The summed E-state index contributed by atoms with van der Waals surface area (Å²) in [4.78, 5) is 23.7. The summed E-state index contributed by atoms with van der Waals surface area (Å²) < 4.78 is 10.5. The van der Waals surface area contributed by atoms with Crippen molar-refractivity contribution in [1.29, 1.82) is 0 Å². The average Bonchev–Trinajstić information content (AvgIpc) is 3.35. The molecule has 1 aliphatic carbocycles. The third-order valence-electron chi connectivity index (χ3n) is 3.97. The number of ether oxygens (including phenoxy) is 2. The van der Waals surface area contributed by atoms with Gasteiger partial charge in [-0.25, -0.2) is 0 Å². The molecule has 3 atom stereocenters. The smallest absolute Gasteiger partial charge is 0.323 e. The summed E-state index contributed by atoms with van der Waals surface area (Å²) >= 11 is 0. The van der Waals surface area contributed by atoms with Gasteiger partial charge in [0.2, 0.25) is 0 Å². The SMILES string of the molecule is C[C@H](OC(=O)[C@@H](N)Cc1ccc(O)c(O)c1)[C@@H](C)OC(=O)C1CC1. The number of hydrogen-bond donors (Lipinski definition) is 3. The Labute approximate surface area is 140 Å². The van der Waals surface area contributed by atoms with Gasteiger partial charge in [-0.3, -0.25) is 9.59 Å². The highest BCUT2D eigenvalue weighted by Gasteiger charge is 2.33. The Bertz CT molecular complexity index is 613. The molecule has 0 unspecified atom stereocenters. The predicted molar refractivity (Wildman–Crippen MR) is 85.3 cm³/mol. The van der Waals surface area contributed by atoms with E-state index in [0.29, 0.717) is 5.56 Å². The van der Waals surface area contributed by atoms with Gasteiger partial charge in [-0.1, -0.05) is 6.07 Å². The van der Waals surface area contributed by atoms with Crippen molar-refractivity contribution in [3.8, 4) is 11.5 Å². The van der Waals surface area contributed by atoms with E-state index >= 15 is 0 Å². The van der Waals surface area contributed by atoms with E-state index in [9.17, 15) is 19.8 Å². The normalized spacial score (nSPS) is 17.6. The number of aromatic hydroxyl groups is 2. The zero-order valence-electron chi connectivity index (χ0n) is 13.8. The zero-order valence-corrected chi connectivity index (χ0v) is 13.8. The van der Waals surface area contributed by atoms with Gasteiger partial charge in [-0.05, 0) is 50.8 Å². The Balaban J connectivity index is 1.83. The summed E-state index contributed by atoms with van der Waals surface area (Å²) in [5, 5.41) is 18.7. The lowest BCUT2D eigenvalue weighted by Crippen LogP contribution is -2.39. The first kappa shape index (κ1) is 18.1. The van der Waals surface area contributed by atoms with Crippen LogP contribution in [-0.4, -0.2) is 40.4 Å². The lowest BCUT2D eigenvalue weighted by Gasteiger charge is -2.22. The number of carbonyl (C=O) groups is 2. The van der Waals surface area contributed by atoms with Crippen molar-refractivity contribution in [1.82, 2.24) is 0 Å². The molecule has 0 aliphatic heterocycles. The van der Waals surface area contributed by atoms with E-state index in [1.54, 1.807) is 19.9 Å². The molecular weight excluding hydrogens is 314 g/mol. The van der Waals surface area contributed by atoms with Crippen molar-refractivity contribution in [2.75, 3.05) is 0 Å². The first-order valence-electron chi connectivity index (χ1n) is 7.95. The second-order valence-corrected chi connectivity index (χ2v) is 6.19. The highest BCUT2D eigenvalue weighted by molar-refractivity contribution is 5.76. The van der Waals surface area contributed by atoms with E-state index < -0.39 is 24.2 Å². The Morgan fingerprint density at radius 2 is 1.79 bits per heavy atom. The Hall–Kier alpha value is -2.28. The molecule has 1 saturated carbocycles. The topological polar surface area (TPSA) is 119 Å². The van der Waals surface area contributed by atoms with Gasteiger partial charge in [-0.15, -0.1) is 0 Å². The second kappa shape index (κ2) is 7.53. The van der Waals surface area contributed by atoms with Gasteiger partial charge < -0.3 is 25.4 Å². The molecule has 7 heteroatoms. The Morgan fingerprint density at radius 1 is 1.17 bits per heavy atom. The molecule has 1 aromatic carbocycles. The molecule has 4 N–H and O–H groups in total. The number of carbonyl (C=O) groups excluding carboxylic acids is 2. The number of nitrogens with two attached hydrogens (primary N) is 1. The van der Waals surface area contributed by atoms with Crippen LogP contribution in [0.25, 0.3) is 0 Å². The minimum Gasteiger partial charge on any atom is -0.504 e. The van der Waals surface area contributed by atoms with Crippen LogP contribution in [0.4, 0.5) is 0 Å². The molecule has 0 aromatic heterocycles. The third-order valence-corrected chi connectivity index (χ3v) is 3.97. The monoisotopic (exact) mass is 337 g/mol. The molecule has 24 heavy (non-hydrogen) atoms. The molecule has 1 aliphatic rings. The van der Waals surface area contributed by atoms with Crippen molar-refractivity contribution >= 4 is 11.9 Å². The first-order valence-corrected chi connectivity index (χ1v) is 7.95. The van der Waals surface area contributed by atoms with Crippen LogP contribution in [0.5, 0.6) is 11.5 Å². The summed E-state index contributed by atoms with van der Waals surface area (Å²) in [5.74, 6) is -1.41. The summed E-state index contributed by atoms with van der Waals surface area (Å²) in [5.41, 5.74) is 6.41. The molecule has 2 rings (SSSR count). The van der Waals surface area contributed by atoms with Gasteiger partial charge in [0, 0.05) is 0 Å². The summed E-state index contributed by atoms with van der Waals surface area (Å²) in [7, 11) is 0. The van der Waals surface area contributed by atoms with E-state index in [4.69, 9.17) is 15.2 Å². The van der Waals surface area contributed by atoms with Crippen molar-refractivity contribution in [3.63, 3.8) is 0 Å². The summed E-state index contributed by atoms with van der Waals surface area (Å²) in [6.45, 7) is 3.31. The van der Waals surface area contributed by atoms with Gasteiger partial charge in [0.05, 0.1) is 5.92 Å². The summed E-state index contributed by atoms with van der Waals surface area (Å²) in [6, 6.07) is 3.30. The van der Waals surface area contributed by atoms with Gasteiger partial charge >= 0.3 is 11.9 Å². The molecule has 0 radical (unpaired) electrons. The minimum absolute atomic E-state index is 0.0141. The van der Waals surface area contributed by atoms with Crippen LogP contribution < -0.4 is 5.73 Å². The number of phenolic OH excluding ortho intramolecular Hbond substituents is 2. The van der Waals surface area contributed by atoms with Crippen LogP contribution in [-0.2, 0) is 25.5 Å². The van der Waals surface area contributed by atoms with Crippen molar-refractivity contribution in [3.05, 3.63) is 23.8 Å². The number of phenols is 2. The van der Waals surface area contributed by atoms with Crippen LogP contribution in [0.3, 0.4) is 0 Å². The molecular formula is C17H23NO6. The molecule has 1 aromatic rings. The first-order chi connectivity index (χ1) is 11.3. The van der Waals surface area contributed by atoms with Crippen LogP contribution in [0.15, 0.2) is 18.2 Å². The average molecular weight is 337 g/mol. The van der Waals surface area contributed by atoms with Gasteiger partial charge in [-0.2, -0.15) is 0 Å². The number of rotatable bonds is 7. The lowest BCUT2D eigenvalue weighted by molar-refractivity contribution is -0.167. The molecule has 132 valence electrons. The van der Waals surface area contributed by atoms with Crippen molar-refractivity contribution in [2.24, 2.45) is 11.7 Å². The van der Waals surface area contributed by atoms with Crippen LogP contribution in [0.2, 0.25) is 0 Å². The Kier molecular flexibility index (Phi) is 5.66. The lowest BCUT2D eigenvalue weighted by atomic mass is 10.1. The quantitative estimate of drug-likeness (QED) is 0.506. The number of benzene rings is 1. The molecule has 7 nitrogen and oxygen atoms in total. The fraction of sp³-hybridized carbons (Fsp3) is 0.529. The highest BCUT2D eigenvalue weighted by Crippen LogP contribution is 2.30. The molecule has 0 amide bonds. The number of esters is 2. The minimum atomic E-state index is -0.928. The predicted octanol–water partition coefficient (Wildman–Crippen LogP) is 1.24. The molecule has 0 spiro atoms. The van der Waals surface area contributed by atoms with Crippen molar-refractivity contribution < 1.29 is 29.3 Å². The maximum absolute atomic E-state index is 12.0. The third kappa shape index (κ3) is 4.86. The van der Waals surface area contributed by atoms with Crippen LogP contribution in [0.1, 0.15) is 32.3 Å². The van der Waals surface area contributed by atoms with Gasteiger partial charge in [0.1, 0.15) is 18.2 Å².